The van der Waals surface area contributed by atoms with Crippen molar-refractivity contribution in [3.63, 3.8) is 0 Å². The van der Waals surface area contributed by atoms with E-state index in [0.29, 0.717) is 12.1 Å². The average molecular weight is 514 g/mol. The third-order valence-electron chi connectivity index (χ3n) is 7.29. The van der Waals surface area contributed by atoms with E-state index in [2.05, 4.69) is 5.10 Å². The van der Waals surface area contributed by atoms with Crippen molar-refractivity contribution in [1.82, 2.24) is 9.78 Å². The molecule has 37 heavy (non-hydrogen) atoms. The Morgan fingerprint density at radius 1 is 0.892 bits per heavy atom. The average Bonchev–Trinajstić information content (AvgIpc) is 3.64. The van der Waals surface area contributed by atoms with E-state index in [1.54, 1.807) is 36.0 Å². The summed E-state index contributed by atoms with van der Waals surface area (Å²) in [5.41, 5.74) is 6.36. The van der Waals surface area contributed by atoms with Crippen LogP contribution in [0.2, 0.25) is 0 Å². The van der Waals surface area contributed by atoms with E-state index in [1.165, 1.54) is 4.31 Å². The van der Waals surface area contributed by atoms with Gasteiger partial charge in [-0.3, -0.25) is 8.99 Å². The number of rotatable bonds is 6. The molecule has 3 aromatic carbocycles. The second-order valence-corrected chi connectivity index (χ2v) is 11.7. The molecule has 0 amide bonds. The van der Waals surface area contributed by atoms with Crippen molar-refractivity contribution >= 4 is 26.9 Å². The molecule has 2 bridgehead atoms. The highest BCUT2D eigenvalue weighted by Gasteiger charge is 2.53. The summed E-state index contributed by atoms with van der Waals surface area (Å²) < 4.78 is 37.1. The summed E-state index contributed by atoms with van der Waals surface area (Å²) in [6, 6.07) is 24.2. The molecule has 4 aromatic rings. The number of aromatic hydroxyl groups is 1. The third-order valence-corrected chi connectivity index (χ3v) is 9.47. The Morgan fingerprint density at radius 3 is 2.16 bits per heavy atom. The van der Waals surface area contributed by atoms with Crippen molar-refractivity contribution < 1.29 is 18.3 Å². The maximum absolute atomic E-state index is 13.8. The van der Waals surface area contributed by atoms with Crippen molar-refractivity contribution in [2.24, 2.45) is 7.05 Å². The summed E-state index contributed by atoms with van der Waals surface area (Å²) in [6.07, 6.45) is 3.19. The number of benzene rings is 3. The lowest BCUT2D eigenvalue weighted by molar-refractivity contribution is 0.128. The lowest BCUT2D eigenvalue weighted by Crippen LogP contribution is -2.42. The molecule has 3 atom stereocenters. The number of phenols is 1. The van der Waals surface area contributed by atoms with Gasteiger partial charge in [0.15, 0.2) is 0 Å². The largest absolute Gasteiger partial charge is 0.508 e. The topological polar surface area (TPSA) is 84.7 Å². The van der Waals surface area contributed by atoms with E-state index in [1.807, 2.05) is 74.0 Å². The Balaban J connectivity index is 1.42. The molecule has 2 aliphatic rings. The molecule has 3 unspecified atom stereocenters. The van der Waals surface area contributed by atoms with Crippen LogP contribution in [0.15, 0.2) is 91.3 Å². The third kappa shape index (κ3) is 4.02. The number of hydrogen-bond donors (Lipinski definition) is 1. The SMILES string of the molecule is CN(c1ccccc1)S(=O)(=O)C1CC2OC1C(c1ccc(-c3cnn(C)c3)cc1)=C2c1ccc(O)cc1. The van der Waals surface area contributed by atoms with Crippen molar-refractivity contribution in [1.29, 1.82) is 0 Å². The monoisotopic (exact) mass is 513 g/mol. The minimum Gasteiger partial charge on any atom is -0.508 e. The predicted molar refractivity (Wildman–Crippen MR) is 144 cm³/mol. The molecule has 6 rings (SSSR count). The van der Waals surface area contributed by atoms with E-state index < -0.39 is 21.4 Å². The first-order valence-corrected chi connectivity index (χ1v) is 13.6. The quantitative estimate of drug-likeness (QED) is 0.404. The normalized spacial score (nSPS) is 21.0. The van der Waals surface area contributed by atoms with Crippen molar-refractivity contribution in [2.45, 2.75) is 23.9 Å². The number of anilines is 1. The number of sulfonamides is 1. The Labute approximate surface area is 216 Å². The smallest absolute Gasteiger partial charge is 0.240 e. The molecule has 3 heterocycles. The fraction of sp³-hybridized carbons (Fsp3) is 0.207. The van der Waals surface area contributed by atoms with E-state index >= 15 is 0 Å². The van der Waals surface area contributed by atoms with Crippen LogP contribution in [0.3, 0.4) is 0 Å². The van der Waals surface area contributed by atoms with Crippen LogP contribution in [-0.4, -0.2) is 47.8 Å². The Bertz CT molecular complexity index is 1580. The van der Waals surface area contributed by atoms with Gasteiger partial charge in [-0.15, -0.1) is 0 Å². The van der Waals surface area contributed by atoms with Gasteiger partial charge < -0.3 is 9.84 Å². The van der Waals surface area contributed by atoms with Gasteiger partial charge >= 0.3 is 0 Å². The molecule has 0 radical (unpaired) electrons. The van der Waals surface area contributed by atoms with E-state index in [0.717, 1.165) is 33.4 Å². The highest BCUT2D eigenvalue weighted by molar-refractivity contribution is 7.93. The van der Waals surface area contributed by atoms with Crippen LogP contribution in [0.25, 0.3) is 22.3 Å². The minimum atomic E-state index is -3.70. The van der Waals surface area contributed by atoms with Gasteiger partial charge in [0.05, 0.1) is 18.0 Å². The van der Waals surface area contributed by atoms with Gasteiger partial charge in [0.1, 0.15) is 17.1 Å². The molecule has 0 aliphatic carbocycles. The van der Waals surface area contributed by atoms with Gasteiger partial charge in [-0.25, -0.2) is 8.42 Å². The van der Waals surface area contributed by atoms with Crippen LogP contribution in [0.5, 0.6) is 5.75 Å². The van der Waals surface area contributed by atoms with E-state index in [9.17, 15) is 13.5 Å². The fourth-order valence-corrected chi connectivity index (χ4v) is 7.15. The molecular formula is C29H27N3O4S. The van der Waals surface area contributed by atoms with E-state index in [4.69, 9.17) is 4.74 Å². The van der Waals surface area contributed by atoms with Gasteiger partial charge in [0.25, 0.3) is 0 Å². The van der Waals surface area contributed by atoms with Gasteiger partial charge in [-0.05, 0) is 58.5 Å². The Morgan fingerprint density at radius 2 is 1.51 bits per heavy atom. The van der Waals surface area contributed by atoms with Crippen molar-refractivity contribution in [2.75, 3.05) is 11.4 Å². The van der Waals surface area contributed by atoms with Gasteiger partial charge in [-0.1, -0.05) is 54.6 Å². The minimum absolute atomic E-state index is 0.181. The zero-order chi connectivity index (χ0) is 25.7. The summed E-state index contributed by atoms with van der Waals surface area (Å²) in [5.74, 6) is 0.181. The number of nitrogens with zero attached hydrogens (tertiary/aromatic N) is 3. The molecular weight excluding hydrogens is 486 g/mol. The molecule has 188 valence electrons. The molecule has 7 nitrogen and oxygen atoms in total. The molecule has 1 aromatic heterocycles. The maximum Gasteiger partial charge on any atom is 0.240 e. The van der Waals surface area contributed by atoms with Crippen molar-refractivity contribution in [3.05, 3.63) is 102 Å². The highest BCUT2D eigenvalue weighted by Crippen LogP contribution is 2.51. The van der Waals surface area contributed by atoms with Gasteiger partial charge in [0, 0.05) is 25.9 Å². The number of para-hydroxylation sites is 1. The number of ether oxygens (including phenoxy) is 1. The molecule has 1 N–H and O–H groups in total. The Hall–Kier alpha value is -3.88. The fourth-order valence-electron chi connectivity index (χ4n) is 5.40. The van der Waals surface area contributed by atoms with Crippen LogP contribution in [-0.2, 0) is 21.8 Å². The number of fused-ring (bicyclic) bond motifs is 2. The molecule has 0 spiro atoms. The molecule has 2 aliphatic heterocycles. The standard InChI is InChI=1S/C29H27N3O4S/c1-31-18-22(17-30-31)19-8-10-21(11-9-19)28-27(20-12-14-24(33)15-13-20)25-16-26(29(28)36-25)37(34,35)32(2)23-6-4-3-5-7-23/h3-15,17-18,25-26,29,33H,16H2,1-2H3. The van der Waals surface area contributed by atoms with Crippen LogP contribution in [0.4, 0.5) is 5.69 Å². The summed E-state index contributed by atoms with van der Waals surface area (Å²) in [6.45, 7) is 0. The highest BCUT2D eigenvalue weighted by atomic mass is 32.2. The number of phenolic OH excluding ortho intramolecular Hbond substituents is 1. The maximum atomic E-state index is 13.8. The van der Waals surface area contributed by atoms with Crippen LogP contribution in [0.1, 0.15) is 17.5 Å². The van der Waals surface area contributed by atoms with Crippen LogP contribution < -0.4 is 4.31 Å². The predicted octanol–water partition coefficient (Wildman–Crippen LogP) is 4.71. The second kappa shape index (κ2) is 8.90. The summed E-state index contributed by atoms with van der Waals surface area (Å²) >= 11 is 0. The summed E-state index contributed by atoms with van der Waals surface area (Å²) in [7, 11) is -0.219. The molecule has 1 saturated heterocycles. The Kier molecular flexibility index (Phi) is 5.66. The number of hydrogen-bond acceptors (Lipinski definition) is 5. The first-order valence-electron chi connectivity index (χ1n) is 12.1. The zero-order valence-electron chi connectivity index (χ0n) is 20.5. The lowest BCUT2D eigenvalue weighted by Gasteiger charge is -2.29. The van der Waals surface area contributed by atoms with Crippen LogP contribution >= 0.6 is 0 Å². The van der Waals surface area contributed by atoms with E-state index in [-0.39, 0.29) is 11.9 Å². The number of aryl methyl sites for hydroxylation is 1. The van der Waals surface area contributed by atoms with Gasteiger partial charge in [0.2, 0.25) is 10.0 Å². The second-order valence-electron chi connectivity index (χ2n) is 9.52. The van der Waals surface area contributed by atoms with Crippen molar-refractivity contribution in [3.8, 4) is 16.9 Å². The molecule has 0 saturated carbocycles. The molecule has 8 heteroatoms. The first kappa shape index (κ1) is 23.5. The zero-order valence-corrected chi connectivity index (χ0v) is 21.3. The van der Waals surface area contributed by atoms with Crippen LogP contribution in [0, 0.1) is 0 Å². The lowest BCUT2D eigenvalue weighted by atomic mass is 9.83. The van der Waals surface area contributed by atoms with Gasteiger partial charge in [-0.2, -0.15) is 5.10 Å². The summed E-state index contributed by atoms with van der Waals surface area (Å²) in [4.78, 5) is 0. The first-order chi connectivity index (χ1) is 17.8. The number of aromatic nitrogens is 2. The molecule has 1 fully saturated rings. The summed E-state index contributed by atoms with van der Waals surface area (Å²) in [5, 5.41) is 13.4.